The predicted molar refractivity (Wildman–Crippen MR) is 268 cm³/mol. The first kappa shape index (κ1) is 47.5. The monoisotopic (exact) mass is 916 g/mol. The molecule has 0 fully saturated rings. The standard InChI is InChI=1S/C54H56N6O4S2/c61-50(42-66-54(46-29-15-6-16-30-46,47-31-17-7-18-32-47)48-33-19-8-20-34-48)58-41-49(51(62)56-35-21-1-2-22-38-59-39-36-57-52(59)60(63)64)55-37-40-65-53(43-23-9-3-10-24-43,44-25-11-4-12-26-44)45-27-13-5-14-28-45/h3-20,23-34,36,39,49,55H,1-2,21-22,35,37-38,40-42H2,(H,56,62)(H,58,61). The van der Waals surface area contributed by atoms with Crippen LogP contribution in [0.3, 0.4) is 0 Å². The van der Waals surface area contributed by atoms with E-state index >= 15 is 0 Å². The minimum Gasteiger partial charge on any atom is -0.390 e. The van der Waals surface area contributed by atoms with Crippen LogP contribution >= 0.6 is 23.5 Å². The Labute approximate surface area is 396 Å². The van der Waals surface area contributed by atoms with Gasteiger partial charge in [-0.15, -0.1) is 23.5 Å². The maximum atomic E-state index is 14.0. The summed E-state index contributed by atoms with van der Waals surface area (Å²) in [4.78, 5) is 42.6. The van der Waals surface area contributed by atoms with Gasteiger partial charge < -0.3 is 26.1 Å². The third-order valence-electron chi connectivity index (χ3n) is 11.6. The fraction of sp³-hybridized carbons (Fsp3) is 0.241. The zero-order valence-corrected chi connectivity index (χ0v) is 38.5. The van der Waals surface area contributed by atoms with E-state index in [1.165, 1.54) is 6.20 Å². The van der Waals surface area contributed by atoms with Crippen molar-refractivity contribution in [3.8, 4) is 0 Å². The van der Waals surface area contributed by atoms with Crippen LogP contribution in [0.1, 0.15) is 59.1 Å². The number of rotatable bonds is 25. The highest BCUT2D eigenvalue weighted by Crippen LogP contribution is 2.49. The molecule has 10 nitrogen and oxygen atoms in total. The number of unbranched alkanes of at least 4 members (excludes halogenated alkanes) is 3. The summed E-state index contributed by atoms with van der Waals surface area (Å²) in [5, 5.41) is 21.0. The fourth-order valence-electron chi connectivity index (χ4n) is 8.42. The Hall–Kier alpha value is -6.47. The fourth-order valence-corrected chi connectivity index (χ4v) is 11.2. The molecular formula is C54H56N6O4S2. The Morgan fingerprint density at radius 1 is 0.576 bits per heavy atom. The number of hydrogen-bond donors (Lipinski definition) is 3. The Morgan fingerprint density at radius 3 is 1.44 bits per heavy atom. The number of imidazole rings is 1. The summed E-state index contributed by atoms with van der Waals surface area (Å²) in [7, 11) is 0. The quantitative estimate of drug-likeness (QED) is 0.0224. The van der Waals surface area contributed by atoms with Crippen LogP contribution in [0.15, 0.2) is 194 Å². The lowest BCUT2D eigenvalue weighted by molar-refractivity contribution is -0.396. The lowest BCUT2D eigenvalue weighted by atomic mass is 9.84. The molecule has 0 radical (unpaired) electrons. The van der Waals surface area contributed by atoms with Gasteiger partial charge in [-0.3, -0.25) is 9.59 Å². The summed E-state index contributed by atoms with van der Waals surface area (Å²) in [6, 6.07) is 61.8. The summed E-state index contributed by atoms with van der Waals surface area (Å²) in [6.45, 7) is 1.58. The van der Waals surface area contributed by atoms with Crippen LogP contribution in [0.5, 0.6) is 0 Å². The molecule has 6 aromatic carbocycles. The van der Waals surface area contributed by atoms with Crippen LogP contribution in [0.2, 0.25) is 0 Å². The van der Waals surface area contributed by atoms with Gasteiger partial charge in [0.25, 0.3) is 0 Å². The van der Waals surface area contributed by atoms with Gasteiger partial charge in [0, 0.05) is 25.4 Å². The molecule has 12 heteroatoms. The van der Waals surface area contributed by atoms with Crippen molar-refractivity contribution in [2.45, 2.75) is 47.8 Å². The molecule has 0 bridgehead atoms. The summed E-state index contributed by atoms with van der Waals surface area (Å²) in [6.07, 6.45) is 6.26. The molecule has 0 aliphatic carbocycles. The van der Waals surface area contributed by atoms with Crippen molar-refractivity contribution < 1.29 is 14.5 Å². The number of carbonyl (C=O) groups excluding carboxylic acids is 2. The molecule has 2 amide bonds. The molecule has 1 atom stereocenters. The van der Waals surface area contributed by atoms with Gasteiger partial charge in [0.05, 0.1) is 21.8 Å². The molecule has 7 rings (SSSR count). The van der Waals surface area contributed by atoms with Crippen LogP contribution < -0.4 is 16.0 Å². The maximum Gasteiger partial charge on any atom is 0.434 e. The number of hydrogen-bond acceptors (Lipinski definition) is 8. The lowest BCUT2D eigenvalue weighted by Gasteiger charge is -2.36. The van der Waals surface area contributed by atoms with Gasteiger partial charge in [-0.05, 0) is 51.1 Å². The second-order valence-electron chi connectivity index (χ2n) is 15.9. The first-order valence-corrected chi connectivity index (χ1v) is 24.4. The number of amides is 2. The van der Waals surface area contributed by atoms with Crippen LogP contribution in [0.4, 0.5) is 5.95 Å². The number of aromatic nitrogens is 2. The summed E-state index contributed by atoms with van der Waals surface area (Å²) in [5.41, 5.74) is 6.68. The Morgan fingerprint density at radius 2 is 1.00 bits per heavy atom. The largest absolute Gasteiger partial charge is 0.434 e. The van der Waals surface area contributed by atoms with Gasteiger partial charge in [0.15, 0.2) is 0 Å². The average molecular weight is 917 g/mol. The highest BCUT2D eigenvalue weighted by molar-refractivity contribution is 8.01. The van der Waals surface area contributed by atoms with Gasteiger partial charge in [0.2, 0.25) is 11.8 Å². The SMILES string of the molecule is O=C(CSC(c1ccccc1)(c1ccccc1)c1ccccc1)NCC(NCCSC(c1ccccc1)(c1ccccc1)c1ccccc1)C(=O)NCCCCCCn1ccnc1[N+](=O)[O-]. The Bertz CT molecular complexity index is 2360. The van der Waals surface area contributed by atoms with Gasteiger partial charge in [-0.2, -0.15) is 0 Å². The van der Waals surface area contributed by atoms with E-state index in [-0.39, 0.29) is 30.1 Å². The molecule has 66 heavy (non-hydrogen) atoms. The van der Waals surface area contributed by atoms with Crippen molar-refractivity contribution in [1.82, 2.24) is 25.5 Å². The van der Waals surface area contributed by atoms with Crippen molar-refractivity contribution in [3.63, 3.8) is 0 Å². The molecule has 0 saturated heterocycles. The minimum atomic E-state index is -0.692. The number of benzene rings is 6. The van der Waals surface area contributed by atoms with E-state index < -0.39 is 20.5 Å². The zero-order valence-electron chi connectivity index (χ0n) is 36.9. The molecular weight excluding hydrogens is 861 g/mol. The van der Waals surface area contributed by atoms with E-state index in [0.29, 0.717) is 25.4 Å². The van der Waals surface area contributed by atoms with Crippen molar-refractivity contribution in [3.05, 3.63) is 238 Å². The molecule has 1 aromatic heterocycles. The van der Waals surface area contributed by atoms with Crippen LogP contribution in [-0.2, 0) is 25.6 Å². The molecule has 338 valence electrons. The van der Waals surface area contributed by atoms with Gasteiger partial charge in [-0.25, -0.2) is 4.57 Å². The highest BCUT2D eigenvalue weighted by atomic mass is 32.2. The van der Waals surface area contributed by atoms with E-state index in [1.54, 1.807) is 22.5 Å². The molecule has 3 N–H and O–H groups in total. The molecule has 1 unspecified atom stereocenters. The first-order chi connectivity index (χ1) is 32.4. The molecule has 0 saturated carbocycles. The third kappa shape index (κ3) is 11.9. The van der Waals surface area contributed by atoms with E-state index in [2.05, 4.69) is 130 Å². The highest BCUT2D eigenvalue weighted by Gasteiger charge is 2.38. The normalized spacial score (nSPS) is 12.0. The minimum absolute atomic E-state index is 0.107. The topological polar surface area (TPSA) is 131 Å². The van der Waals surface area contributed by atoms with E-state index in [4.69, 9.17) is 0 Å². The predicted octanol–water partition coefficient (Wildman–Crippen LogP) is 9.99. The molecule has 0 spiro atoms. The van der Waals surface area contributed by atoms with Crippen molar-refractivity contribution in [2.24, 2.45) is 0 Å². The van der Waals surface area contributed by atoms with Crippen LogP contribution in [0, 0.1) is 10.1 Å². The van der Waals surface area contributed by atoms with Crippen molar-refractivity contribution in [1.29, 1.82) is 0 Å². The van der Waals surface area contributed by atoms with E-state index in [0.717, 1.165) is 59.1 Å². The first-order valence-electron chi connectivity index (χ1n) is 22.5. The number of nitrogens with one attached hydrogen (secondary N) is 3. The van der Waals surface area contributed by atoms with Gasteiger partial charge >= 0.3 is 5.95 Å². The maximum absolute atomic E-state index is 14.0. The Balaban J connectivity index is 1.04. The molecule has 7 aromatic rings. The van der Waals surface area contributed by atoms with Crippen molar-refractivity contribution >= 4 is 41.3 Å². The molecule has 0 aliphatic heterocycles. The second-order valence-corrected chi connectivity index (χ2v) is 18.4. The summed E-state index contributed by atoms with van der Waals surface area (Å²) >= 11 is 3.38. The van der Waals surface area contributed by atoms with E-state index in [1.807, 2.05) is 84.6 Å². The molecule has 1 heterocycles. The second kappa shape index (κ2) is 24.2. The van der Waals surface area contributed by atoms with Crippen LogP contribution in [0.25, 0.3) is 0 Å². The number of thioether (sulfide) groups is 2. The lowest BCUT2D eigenvalue weighted by Crippen LogP contribution is -2.52. The number of aryl methyl sites for hydroxylation is 1. The Kier molecular flexibility index (Phi) is 17.4. The summed E-state index contributed by atoms with van der Waals surface area (Å²) in [5.74, 6) is 0.303. The zero-order chi connectivity index (χ0) is 45.9. The van der Waals surface area contributed by atoms with Crippen molar-refractivity contribution in [2.75, 3.05) is 31.1 Å². The number of carbonyl (C=O) groups is 2. The average Bonchev–Trinajstić information content (AvgIpc) is 3.86. The number of nitrogens with zero attached hydrogens (tertiary/aromatic N) is 3. The van der Waals surface area contributed by atoms with E-state index in [9.17, 15) is 19.7 Å². The smallest absolute Gasteiger partial charge is 0.390 e. The summed E-state index contributed by atoms with van der Waals surface area (Å²) < 4.78 is 0.377. The van der Waals surface area contributed by atoms with Crippen LogP contribution in [-0.4, -0.2) is 63.5 Å². The van der Waals surface area contributed by atoms with Gasteiger partial charge in [-0.1, -0.05) is 200 Å². The molecule has 0 aliphatic rings. The van der Waals surface area contributed by atoms with Gasteiger partial charge in [0.1, 0.15) is 18.4 Å². The number of nitro groups is 1. The third-order valence-corrected chi connectivity index (χ3v) is 14.7.